The molecule has 7 nitrogen and oxygen atoms in total. The van der Waals surface area contributed by atoms with Crippen molar-refractivity contribution in [3.63, 3.8) is 0 Å². The molecule has 0 radical (unpaired) electrons. The highest BCUT2D eigenvalue weighted by Crippen LogP contribution is 2.41. The predicted octanol–water partition coefficient (Wildman–Crippen LogP) is 3.56. The zero-order valence-corrected chi connectivity index (χ0v) is 19.1. The first-order chi connectivity index (χ1) is 15.7. The number of anilines is 1. The average molecular weight is 445 g/mol. The summed E-state index contributed by atoms with van der Waals surface area (Å²) in [6.07, 6.45) is 3.29. The average Bonchev–Trinajstić information content (AvgIpc) is 3.17. The number of aryl methyl sites for hydroxylation is 1. The number of benzene rings is 2. The molecule has 0 aliphatic heterocycles. The standard InChI is InChI=1S/C26H28N4O3/c1-5-22(31)28-20-8-6-7-16(14(20)2)17-11-12-19(25(27)32)24-23(17)18-10-9-15(13-21(18)29-24)26(33)30(3)4/h5-8,11-12,15,29H,1,9-10,13H2,2-4H3,(H2,27,32)(H,28,31). The first kappa shape index (κ1) is 22.3. The number of H-pyrrole nitrogens is 1. The van der Waals surface area contributed by atoms with Crippen molar-refractivity contribution in [1.82, 2.24) is 9.88 Å². The van der Waals surface area contributed by atoms with Gasteiger partial charge < -0.3 is 20.9 Å². The van der Waals surface area contributed by atoms with Crippen LogP contribution in [0.2, 0.25) is 0 Å². The molecule has 0 saturated heterocycles. The summed E-state index contributed by atoms with van der Waals surface area (Å²) in [5.74, 6) is -0.772. The molecule has 0 spiro atoms. The molecular weight excluding hydrogens is 416 g/mol. The van der Waals surface area contributed by atoms with Gasteiger partial charge in [-0.25, -0.2) is 0 Å². The number of nitrogens with zero attached hydrogens (tertiary/aromatic N) is 1. The summed E-state index contributed by atoms with van der Waals surface area (Å²) in [6.45, 7) is 5.47. The van der Waals surface area contributed by atoms with Crippen LogP contribution in [0.25, 0.3) is 22.0 Å². The van der Waals surface area contributed by atoms with Crippen molar-refractivity contribution < 1.29 is 14.4 Å². The minimum Gasteiger partial charge on any atom is -0.366 e. The number of hydrogen-bond acceptors (Lipinski definition) is 3. The molecule has 7 heteroatoms. The summed E-state index contributed by atoms with van der Waals surface area (Å²) in [5, 5.41) is 3.80. The molecule has 2 aromatic carbocycles. The normalized spacial score (nSPS) is 15.1. The minimum atomic E-state index is -0.505. The molecule has 1 unspecified atom stereocenters. The van der Waals surface area contributed by atoms with Crippen LogP contribution in [-0.4, -0.2) is 41.7 Å². The Bertz CT molecular complexity index is 1300. The van der Waals surface area contributed by atoms with Gasteiger partial charge in [0.15, 0.2) is 0 Å². The van der Waals surface area contributed by atoms with Crippen molar-refractivity contribution in [1.29, 1.82) is 0 Å². The van der Waals surface area contributed by atoms with Gasteiger partial charge in [-0.1, -0.05) is 24.8 Å². The van der Waals surface area contributed by atoms with Crippen LogP contribution in [0.4, 0.5) is 5.69 Å². The fraction of sp³-hybridized carbons (Fsp3) is 0.269. The van der Waals surface area contributed by atoms with E-state index < -0.39 is 5.91 Å². The first-order valence-corrected chi connectivity index (χ1v) is 10.9. The molecule has 3 amide bonds. The van der Waals surface area contributed by atoms with Crippen LogP contribution in [-0.2, 0) is 22.4 Å². The molecule has 1 aliphatic carbocycles. The van der Waals surface area contributed by atoms with E-state index in [2.05, 4.69) is 16.9 Å². The van der Waals surface area contributed by atoms with Crippen molar-refractivity contribution in [2.75, 3.05) is 19.4 Å². The molecule has 0 bridgehead atoms. The second-order valence-corrected chi connectivity index (χ2v) is 8.70. The molecular formula is C26H28N4O3. The lowest BCUT2D eigenvalue weighted by molar-refractivity contribution is -0.133. The Kier molecular flexibility index (Phi) is 5.80. The highest BCUT2D eigenvalue weighted by Gasteiger charge is 2.30. The number of carbonyl (C=O) groups excluding carboxylic acids is 3. The molecule has 3 aromatic rings. The molecule has 4 N–H and O–H groups in total. The number of aromatic nitrogens is 1. The van der Waals surface area contributed by atoms with E-state index in [1.807, 2.05) is 31.2 Å². The lowest BCUT2D eigenvalue weighted by atomic mass is 9.84. The Hall–Kier alpha value is -3.87. The third kappa shape index (κ3) is 3.91. The molecule has 1 aliphatic rings. The molecule has 1 heterocycles. The summed E-state index contributed by atoms with van der Waals surface area (Å²) in [7, 11) is 3.54. The van der Waals surface area contributed by atoms with Crippen molar-refractivity contribution >= 4 is 34.3 Å². The van der Waals surface area contributed by atoms with Crippen LogP contribution in [0.5, 0.6) is 0 Å². The van der Waals surface area contributed by atoms with Gasteiger partial charge in [-0.15, -0.1) is 0 Å². The zero-order chi connectivity index (χ0) is 23.9. The van der Waals surface area contributed by atoms with Crippen molar-refractivity contribution in [2.24, 2.45) is 11.7 Å². The molecule has 4 rings (SSSR count). The van der Waals surface area contributed by atoms with Gasteiger partial charge in [-0.05, 0) is 66.6 Å². The van der Waals surface area contributed by atoms with Crippen LogP contribution < -0.4 is 11.1 Å². The Morgan fingerprint density at radius 2 is 1.94 bits per heavy atom. The lowest BCUT2D eigenvalue weighted by Gasteiger charge is -2.24. The van der Waals surface area contributed by atoms with Crippen LogP contribution in [0.3, 0.4) is 0 Å². The van der Waals surface area contributed by atoms with Gasteiger partial charge in [0.1, 0.15) is 0 Å². The number of carbonyl (C=O) groups is 3. The van der Waals surface area contributed by atoms with E-state index >= 15 is 0 Å². The Morgan fingerprint density at radius 1 is 1.18 bits per heavy atom. The van der Waals surface area contributed by atoms with E-state index in [1.165, 1.54) is 6.08 Å². The van der Waals surface area contributed by atoms with Crippen molar-refractivity contribution in [2.45, 2.75) is 26.2 Å². The molecule has 1 aromatic heterocycles. The Morgan fingerprint density at radius 3 is 2.61 bits per heavy atom. The summed E-state index contributed by atoms with van der Waals surface area (Å²) >= 11 is 0. The summed E-state index contributed by atoms with van der Waals surface area (Å²) < 4.78 is 0. The maximum Gasteiger partial charge on any atom is 0.250 e. The number of nitrogens with two attached hydrogens (primary N) is 1. The fourth-order valence-corrected chi connectivity index (χ4v) is 4.79. The third-order valence-corrected chi connectivity index (χ3v) is 6.46. The van der Waals surface area contributed by atoms with E-state index in [4.69, 9.17) is 5.73 Å². The quantitative estimate of drug-likeness (QED) is 0.524. The number of primary amides is 1. The van der Waals surface area contributed by atoms with Gasteiger partial charge in [-0.3, -0.25) is 14.4 Å². The number of aromatic amines is 1. The van der Waals surface area contributed by atoms with E-state index in [0.717, 1.165) is 46.2 Å². The molecule has 33 heavy (non-hydrogen) atoms. The monoisotopic (exact) mass is 444 g/mol. The SMILES string of the molecule is C=CC(=O)Nc1cccc(-c2ccc(C(N)=O)c3[nH]c4c(c23)CCC(C(=O)N(C)C)C4)c1C. The number of amides is 3. The molecule has 0 saturated carbocycles. The lowest BCUT2D eigenvalue weighted by Crippen LogP contribution is -2.33. The largest absolute Gasteiger partial charge is 0.366 e. The number of hydrogen-bond donors (Lipinski definition) is 3. The maximum atomic E-state index is 12.6. The second-order valence-electron chi connectivity index (χ2n) is 8.70. The molecule has 170 valence electrons. The van der Waals surface area contributed by atoms with Gasteiger partial charge in [0.05, 0.1) is 11.1 Å². The Balaban J connectivity index is 1.90. The van der Waals surface area contributed by atoms with Crippen LogP contribution >= 0.6 is 0 Å². The number of rotatable bonds is 5. The Labute approximate surface area is 192 Å². The van der Waals surface area contributed by atoms with Gasteiger partial charge in [-0.2, -0.15) is 0 Å². The van der Waals surface area contributed by atoms with Gasteiger partial charge in [0.2, 0.25) is 11.8 Å². The topological polar surface area (TPSA) is 108 Å². The van der Waals surface area contributed by atoms with Gasteiger partial charge in [0, 0.05) is 36.8 Å². The maximum absolute atomic E-state index is 12.6. The van der Waals surface area contributed by atoms with E-state index in [0.29, 0.717) is 23.2 Å². The van der Waals surface area contributed by atoms with Crippen LogP contribution in [0.15, 0.2) is 43.0 Å². The summed E-state index contributed by atoms with van der Waals surface area (Å²) in [5.41, 5.74) is 12.4. The highest BCUT2D eigenvalue weighted by molar-refractivity contribution is 6.11. The van der Waals surface area contributed by atoms with Crippen molar-refractivity contribution in [3.05, 3.63) is 65.4 Å². The first-order valence-electron chi connectivity index (χ1n) is 10.9. The van der Waals surface area contributed by atoms with Crippen molar-refractivity contribution in [3.8, 4) is 11.1 Å². The second kappa shape index (κ2) is 8.58. The predicted molar refractivity (Wildman–Crippen MR) is 130 cm³/mol. The minimum absolute atomic E-state index is 0.0970. The molecule has 1 atom stereocenters. The zero-order valence-electron chi connectivity index (χ0n) is 19.1. The summed E-state index contributed by atoms with van der Waals surface area (Å²) in [4.78, 5) is 41.7. The van der Waals surface area contributed by atoms with E-state index in [-0.39, 0.29) is 17.7 Å². The van der Waals surface area contributed by atoms with E-state index in [9.17, 15) is 14.4 Å². The highest BCUT2D eigenvalue weighted by atomic mass is 16.2. The number of nitrogens with one attached hydrogen (secondary N) is 2. The number of fused-ring (bicyclic) bond motifs is 3. The smallest absolute Gasteiger partial charge is 0.250 e. The third-order valence-electron chi connectivity index (χ3n) is 6.46. The van der Waals surface area contributed by atoms with Crippen LogP contribution in [0, 0.1) is 12.8 Å². The fourth-order valence-electron chi connectivity index (χ4n) is 4.79. The van der Waals surface area contributed by atoms with Crippen LogP contribution in [0.1, 0.15) is 33.6 Å². The van der Waals surface area contributed by atoms with Gasteiger partial charge in [0.25, 0.3) is 5.91 Å². The van der Waals surface area contributed by atoms with Gasteiger partial charge >= 0.3 is 0 Å². The van der Waals surface area contributed by atoms with E-state index in [1.54, 1.807) is 25.1 Å². The molecule has 0 fully saturated rings. The summed E-state index contributed by atoms with van der Waals surface area (Å²) in [6, 6.07) is 9.38.